The van der Waals surface area contributed by atoms with E-state index in [0.717, 1.165) is 9.64 Å². The summed E-state index contributed by atoms with van der Waals surface area (Å²) in [4.78, 5) is 3.70. The number of rotatable bonds is 1. The molecule has 18 heavy (non-hydrogen) atoms. The SMILES string of the molecule is CNc1cc(C(F)(F)F)nc2c(Br)ccc(I)c12. The van der Waals surface area contributed by atoms with Gasteiger partial charge in [0.2, 0.25) is 0 Å². The zero-order valence-electron chi connectivity index (χ0n) is 9.07. The summed E-state index contributed by atoms with van der Waals surface area (Å²) < 4.78 is 39.7. The van der Waals surface area contributed by atoms with Crippen LogP contribution in [0.1, 0.15) is 5.69 Å². The Morgan fingerprint density at radius 3 is 2.56 bits per heavy atom. The molecule has 2 nitrogen and oxygen atoms in total. The lowest BCUT2D eigenvalue weighted by atomic mass is 10.1. The summed E-state index contributed by atoms with van der Waals surface area (Å²) in [5.41, 5.74) is -0.179. The zero-order chi connectivity index (χ0) is 13.5. The molecule has 0 bridgehead atoms. The van der Waals surface area contributed by atoms with E-state index >= 15 is 0 Å². The molecule has 1 heterocycles. The molecule has 0 saturated carbocycles. The molecule has 0 radical (unpaired) electrons. The van der Waals surface area contributed by atoms with Crippen LogP contribution in [-0.4, -0.2) is 12.0 Å². The third-order valence-corrected chi connectivity index (χ3v) is 3.96. The van der Waals surface area contributed by atoms with Crippen molar-refractivity contribution in [2.75, 3.05) is 12.4 Å². The molecule has 0 amide bonds. The molecular formula is C11H7BrF3IN2. The second-order valence-electron chi connectivity index (χ2n) is 3.56. The first-order valence-corrected chi connectivity index (χ1v) is 6.75. The second kappa shape index (κ2) is 4.84. The van der Waals surface area contributed by atoms with E-state index in [2.05, 4.69) is 48.8 Å². The second-order valence-corrected chi connectivity index (χ2v) is 5.57. The zero-order valence-corrected chi connectivity index (χ0v) is 12.8. The van der Waals surface area contributed by atoms with Crippen molar-refractivity contribution in [2.45, 2.75) is 6.18 Å². The summed E-state index contributed by atoms with van der Waals surface area (Å²) in [6, 6.07) is 4.54. The van der Waals surface area contributed by atoms with Crippen molar-refractivity contribution in [1.82, 2.24) is 4.98 Å². The minimum Gasteiger partial charge on any atom is -0.387 e. The van der Waals surface area contributed by atoms with Crippen molar-refractivity contribution in [3.63, 3.8) is 0 Å². The van der Waals surface area contributed by atoms with Gasteiger partial charge in [-0.3, -0.25) is 0 Å². The van der Waals surface area contributed by atoms with Crippen molar-refractivity contribution < 1.29 is 13.2 Å². The lowest BCUT2D eigenvalue weighted by Gasteiger charge is -2.13. The molecular weight excluding hydrogens is 424 g/mol. The quantitative estimate of drug-likeness (QED) is 0.665. The number of halogens is 5. The fourth-order valence-corrected chi connectivity index (χ4v) is 2.76. The van der Waals surface area contributed by atoms with Crippen LogP contribution >= 0.6 is 38.5 Å². The van der Waals surface area contributed by atoms with Gasteiger partial charge in [-0.25, -0.2) is 4.98 Å². The van der Waals surface area contributed by atoms with Gasteiger partial charge in [-0.15, -0.1) is 0 Å². The van der Waals surface area contributed by atoms with E-state index in [1.807, 2.05) is 6.07 Å². The molecule has 0 aliphatic rings. The van der Waals surface area contributed by atoms with Gasteiger partial charge in [0.25, 0.3) is 0 Å². The maximum Gasteiger partial charge on any atom is 0.433 e. The first-order valence-electron chi connectivity index (χ1n) is 4.88. The summed E-state index contributed by atoms with van der Waals surface area (Å²) in [5.74, 6) is 0. The number of hydrogen-bond donors (Lipinski definition) is 1. The van der Waals surface area contributed by atoms with Gasteiger partial charge < -0.3 is 5.32 Å². The minimum atomic E-state index is -4.46. The standard InChI is InChI=1S/C11H7BrF3IN2/c1-17-7-4-8(11(13,14)15)18-10-5(12)2-3-6(16)9(7)10/h2-4H,1H3,(H,17,18). The molecule has 2 rings (SSSR count). The average molecular weight is 431 g/mol. The van der Waals surface area contributed by atoms with Gasteiger partial charge in [0.05, 0.1) is 5.52 Å². The topological polar surface area (TPSA) is 24.9 Å². The highest BCUT2D eigenvalue weighted by atomic mass is 127. The number of alkyl halides is 3. The molecule has 7 heteroatoms. The van der Waals surface area contributed by atoms with Crippen molar-refractivity contribution in [3.8, 4) is 0 Å². The molecule has 2 aromatic rings. The van der Waals surface area contributed by atoms with Crippen LogP contribution in [0.4, 0.5) is 18.9 Å². The first kappa shape index (κ1) is 13.9. The van der Waals surface area contributed by atoms with E-state index in [0.29, 0.717) is 21.1 Å². The molecule has 0 saturated heterocycles. The van der Waals surface area contributed by atoms with E-state index in [4.69, 9.17) is 0 Å². The van der Waals surface area contributed by atoms with Crippen molar-refractivity contribution in [1.29, 1.82) is 0 Å². The van der Waals surface area contributed by atoms with Crippen LogP contribution in [0.5, 0.6) is 0 Å². The summed E-state index contributed by atoms with van der Waals surface area (Å²) in [7, 11) is 1.59. The number of anilines is 1. The number of fused-ring (bicyclic) bond motifs is 1. The maximum absolute atomic E-state index is 12.8. The molecule has 0 unspecified atom stereocenters. The van der Waals surface area contributed by atoms with Crippen LogP contribution in [0.2, 0.25) is 0 Å². The Balaban J connectivity index is 2.88. The molecule has 0 spiro atoms. The minimum absolute atomic E-state index is 0.307. The Kier molecular flexibility index (Phi) is 3.72. The number of benzene rings is 1. The van der Waals surface area contributed by atoms with E-state index in [-0.39, 0.29) is 0 Å². The van der Waals surface area contributed by atoms with Crippen molar-refractivity contribution in [3.05, 3.63) is 31.9 Å². The Hall–Kier alpha value is -0.570. The van der Waals surface area contributed by atoms with E-state index in [1.54, 1.807) is 13.1 Å². The highest BCUT2D eigenvalue weighted by Gasteiger charge is 2.33. The van der Waals surface area contributed by atoms with Gasteiger partial charge in [0, 0.05) is 26.2 Å². The predicted molar refractivity (Wildman–Crippen MR) is 76.7 cm³/mol. The molecule has 0 aliphatic heterocycles. The highest BCUT2D eigenvalue weighted by Crippen LogP contribution is 2.37. The molecule has 0 atom stereocenters. The molecule has 96 valence electrons. The van der Waals surface area contributed by atoms with Crippen LogP contribution < -0.4 is 5.32 Å². The fourth-order valence-electron chi connectivity index (χ4n) is 1.61. The number of aromatic nitrogens is 1. The predicted octanol–water partition coefficient (Wildman–Crippen LogP) is 4.66. The van der Waals surface area contributed by atoms with Crippen LogP contribution in [0.3, 0.4) is 0 Å². The summed E-state index contributed by atoms with van der Waals surface area (Å²) in [6.07, 6.45) is -4.46. The third kappa shape index (κ3) is 2.42. The summed E-state index contributed by atoms with van der Waals surface area (Å²) in [6.45, 7) is 0. The maximum atomic E-state index is 12.8. The van der Waals surface area contributed by atoms with Crippen molar-refractivity contribution >= 4 is 55.1 Å². The Morgan fingerprint density at radius 1 is 1.33 bits per heavy atom. The third-order valence-electron chi connectivity index (χ3n) is 2.42. The molecule has 1 N–H and O–H groups in total. The fraction of sp³-hybridized carbons (Fsp3) is 0.182. The molecule has 1 aromatic heterocycles. The number of nitrogens with one attached hydrogen (secondary N) is 1. The summed E-state index contributed by atoms with van der Waals surface area (Å²) >= 11 is 5.31. The van der Waals surface area contributed by atoms with Gasteiger partial charge in [-0.05, 0) is 56.7 Å². The average Bonchev–Trinajstić information content (AvgIpc) is 2.31. The monoisotopic (exact) mass is 430 g/mol. The van der Waals surface area contributed by atoms with Gasteiger partial charge in [0.1, 0.15) is 5.69 Å². The molecule has 0 fully saturated rings. The number of pyridine rings is 1. The number of nitrogens with zero attached hydrogens (tertiary/aromatic N) is 1. The van der Waals surface area contributed by atoms with Gasteiger partial charge in [-0.1, -0.05) is 0 Å². The normalized spacial score (nSPS) is 11.9. The van der Waals surface area contributed by atoms with Crippen LogP contribution in [0, 0.1) is 3.57 Å². The van der Waals surface area contributed by atoms with Crippen LogP contribution in [-0.2, 0) is 6.18 Å². The molecule has 1 aromatic carbocycles. The summed E-state index contributed by atoms with van der Waals surface area (Å²) in [5, 5.41) is 3.47. The largest absolute Gasteiger partial charge is 0.433 e. The van der Waals surface area contributed by atoms with Gasteiger partial charge >= 0.3 is 6.18 Å². The Bertz CT molecular complexity index is 613. The van der Waals surface area contributed by atoms with E-state index in [1.165, 1.54) is 0 Å². The Morgan fingerprint density at radius 2 is 2.00 bits per heavy atom. The van der Waals surface area contributed by atoms with E-state index in [9.17, 15) is 13.2 Å². The van der Waals surface area contributed by atoms with Crippen LogP contribution in [0.15, 0.2) is 22.7 Å². The smallest absolute Gasteiger partial charge is 0.387 e. The first-order chi connectivity index (χ1) is 8.34. The van der Waals surface area contributed by atoms with Gasteiger partial charge in [0.15, 0.2) is 0 Å². The van der Waals surface area contributed by atoms with Crippen molar-refractivity contribution in [2.24, 2.45) is 0 Å². The lowest BCUT2D eigenvalue weighted by molar-refractivity contribution is -0.140. The number of hydrogen-bond acceptors (Lipinski definition) is 2. The van der Waals surface area contributed by atoms with Gasteiger partial charge in [-0.2, -0.15) is 13.2 Å². The van der Waals surface area contributed by atoms with E-state index < -0.39 is 11.9 Å². The van der Waals surface area contributed by atoms with Crippen LogP contribution in [0.25, 0.3) is 10.9 Å². The Labute approximate surface area is 123 Å². The lowest BCUT2D eigenvalue weighted by Crippen LogP contribution is -2.09. The molecule has 0 aliphatic carbocycles. The highest BCUT2D eigenvalue weighted by molar-refractivity contribution is 14.1.